The first kappa shape index (κ1) is 24.4. The number of carbonyl (C=O) groups excluding carboxylic acids is 1. The molecule has 0 radical (unpaired) electrons. The van der Waals surface area contributed by atoms with Gasteiger partial charge in [0.15, 0.2) is 0 Å². The molecule has 0 fully saturated rings. The Kier molecular flexibility index (Phi) is 15.2. The van der Waals surface area contributed by atoms with Crippen LogP contribution in [-0.4, -0.2) is 25.5 Å². The second-order valence-corrected chi connectivity index (χ2v) is 8.55. The van der Waals surface area contributed by atoms with Crippen molar-refractivity contribution in [2.75, 3.05) is 19.6 Å². The third-order valence-corrected chi connectivity index (χ3v) is 4.93. The summed E-state index contributed by atoms with van der Waals surface area (Å²) >= 11 is 0. The van der Waals surface area contributed by atoms with Crippen molar-refractivity contribution in [3.8, 4) is 0 Å². The smallest absolute Gasteiger partial charge is 0.220 e. The van der Waals surface area contributed by atoms with Crippen LogP contribution in [0.1, 0.15) is 97.8 Å². The lowest BCUT2D eigenvalue weighted by molar-refractivity contribution is -0.121. The van der Waals surface area contributed by atoms with Crippen LogP contribution < -0.4 is 16.8 Å². The van der Waals surface area contributed by atoms with E-state index in [0.717, 1.165) is 45.3 Å². The van der Waals surface area contributed by atoms with Gasteiger partial charge in [0.25, 0.3) is 0 Å². The summed E-state index contributed by atoms with van der Waals surface area (Å²) in [7, 11) is 0. The van der Waals surface area contributed by atoms with Crippen LogP contribution in [0.15, 0.2) is 0 Å². The molecular formula is C21H45N3O. The number of carbonyl (C=O) groups is 1. The molecule has 1 amide bonds. The molecule has 25 heavy (non-hydrogen) atoms. The first-order valence-corrected chi connectivity index (χ1v) is 10.6. The second kappa shape index (κ2) is 15.6. The molecule has 0 spiro atoms. The molecule has 1 unspecified atom stereocenters. The van der Waals surface area contributed by atoms with E-state index in [1.807, 2.05) is 0 Å². The van der Waals surface area contributed by atoms with E-state index in [0.29, 0.717) is 12.3 Å². The predicted molar refractivity (Wildman–Crippen MR) is 109 cm³/mol. The summed E-state index contributed by atoms with van der Waals surface area (Å²) in [5.74, 6) is 0.827. The molecule has 0 aromatic carbocycles. The Hall–Kier alpha value is -0.610. The van der Waals surface area contributed by atoms with Gasteiger partial charge in [0, 0.05) is 13.0 Å². The van der Waals surface area contributed by atoms with Crippen LogP contribution in [-0.2, 0) is 4.79 Å². The molecule has 0 bridgehead atoms. The molecule has 0 aliphatic rings. The van der Waals surface area contributed by atoms with Crippen LogP contribution >= 0.6 is 0 Å². The van der Waals surface area contributed by atoms with Crippen LogP contribution in [0.2, 0.25) is 0 Å². The van der Waals surface area contributed by atoms with Gasteiger partial charge in [0.05, 0.1) is 0 Å². The molecule has 1 atom stereocenters. The lowest BCUT2D eigenvalue weighted by Gasteiger charge is -2.28. The fourth-order valence-corrected chi connectivity index (χ4v) is 3.50. The molecule has 0 aliphatic heterocycles. The Morgan fingerprint density at radius 3 is 1.92 bits per heavy atom. The molecule has 4 heteroatoms. The third kappa shape index (κ3) is 16.6. The second-order valence-electron chi connectivity index (χ2n) is 8.55. The fourth-order valence-electron chi connectivity index (χ4n) is 3.50. The Morgan fingerprint density at radius 2 is 1.40 bits per heavy atom. The highest BCUT2D eigenvalue weighted by molar-refractivity contribution is 5.75. The van der Waals surface area contributed by atoms with Gasteiger partial charge in [-0.05, 0) is 50.1 Å². The summed E-state index contributed by atoms with van der Waals surface area (Å²) in [6, 6.07) is 0. The van der Waals surface area contributed by atoms with Crippen LogP contribution in [0.25, 0.3) is 0 Å². The minimum absolute atomic E-state index is 0.147. The molecule has 0 saturated heterocycles. The molecule has 0 heterocycles. The molecule has 5 N–H and O–H groups in total. The highest BCUT2D eigenvalue weighted by Crippen LogP contribution is 2.26. The monoisotopic (exact) mass is 355 g/mol. The average molecular weight is 356 g/mol. The van der Waals surface area contributed by atoms with Gasteiger partial charge in [-0.25, -0.2) is 0 Å². The molecule has 150 valence electrons. The van der Waals surface area contributed by atoms with Crippen molar-refractivity contribution in [3.05, 3.63) is 0 Å². The van der Waals surface area contributed by atoms with E-state index in [2.05, 4.69) is 26.1 Å². The van der Waals surface area contributed by atoms with Crippen LogP contribution in [0.5, 0.6) is 0 Å². The standard InChI is InChI=1S/C21H45N3O/c1-19(14-16-23)17-21(2,3)18-24-20(25)13-11-9-7-5-4-6-8-10-12-15-22/h19H,4-18,22-23H2,1-3H3,(H,24,25). The van der Waals surface area contributed by atoms with Gasteiger partial charge in [0.1, 0.15) is 0 Å². The summed E-state index contributed by atoms with van der Waals surface area (Å²) in [5.41, 5.74) is 11.3. The normalized spacial score (nSPS) is 13.0. The van der Waals surface area contributed by atoms with E-state index in [-0.39, 0.29) is 11.3 Å². The average Bonchev–Trinajstić information content (AvgIpc) is 2.54. The van der Waals surface area contributed by atoms with Gasteiger partial charge in [-0.2, -0.15) is 0 Å². The minimum Gasteiger partial charge on any atom is -0.356 e. The number of hydrogen-bond donors (Lipinski definition) is 3. The Labute approximate surface area is 156 Å². The van der Waals surface area contributed by atoms with Crippen molar-refractivity contribution in [1.82, 2.24) is 5.32 Å². The first-order valence-electron chi connectivity index (χ1n) is 10.6. The number of nitrogens with one attached hydrogen (secondary N) is 1. The van der Waals surface area contributed by atoms with Crippen molar-refractivity contribution >= 4 is 5.91 Å². The van der Waals surface area contributed by atoms with Crippen LogP contribution in [0.4, 0.5) is 0 Å². The quantitative estimate of drug-likeness (QED) is 0.339. The van der Waals surface area contributed by atoms with Gasteiger partial charge < -0.3 is 16.8 Å². The molecule has 0 rings (SSSR count). The lowest BCUT2D eigenvalue weighted by Crippen LogP contribution is -2.35. The van der Waals surface area contributed by atoms with Gasteiger partial charge in [0.2, 0.25) is 5.91 Å². The van der Waals surface area contributed by atoms with E-state index < -0.39 is 0 Å². The Bertz CT molecular complexity index is 318. The minimum atomic E-state index is 0.147. The van der Waals surface area contributed by atoms with Crippen molar-refractivity contribution < 1.29 is 4.79 Å². The SMILES string of the molecule is CC(CCN)CC(C)(C)CNC(=O)CCCCCCCCCCCN. The van der Waals surface area contributed by atoms with Crippen molar-refractivity contribution in [2.24, 2.45) is 22.8 Å². The summed E-state index contributed by atoms with van der Waals surface area (Å²) < 4.78 is 0. The van der Waals surface area contributed by atoms with E-state index in [1.165, 1.54) is 44.9 Å². The summed E-state index contributed by atoms with van der Waals surface area (Å²) in [6.45, 7) is 9.04. The number of unbranched alkanes of at least 4 members (excludes halogenated alkanes) is 8. The maximum absolute atomic E-state index is 12.0. The van der Waals surface area contributed by atoms with Crippen molar-refractivity contribution in [2.45, 2.75) is 97.8 Å². The first-order chi connectivity index (χ1) is 11.9. The molecule has 0 aliphatic carbocycles. The largest absolute Gasteiger partial charge is 0.356 e. The zero-order chi connectivity index (χ0) is 19.0. The maximum atomic E-state index is 12.0. The lowest BCUT2D eigenvalue weighted by atomic mass is 9.82. The highest BCUT2D eigenvalue weighted by Gasteiger charge is 2.21. The Balaban J connectivity index is 3.54. The fraction of sp³-hybridized carbons (Fsp3) is 0.952. The van der Waals surface area contributed by atoms with Crippen molar-refractivity contribution in [3.63, 3.8) is 0 Å². The van der Waals surface area contributed by atoms with E-state index in [4.69, 9.17) is 11.5 Å². The zero-order valence-corrected chi connectivity index (χ0v) is 17.2. The maximum Gasteiger partial charge on any atom is 0.220 e. The number of rotatable bonds is 17. The number of nitrogens with two attached hydrogens (primary N) is 2. The molecule has 4 nitrogen and oxygen atoms in total. The van der Waals surface area contributed by atoms with E-state index in [9.17, 15) is 4.79 Å². The Morgan fingerprint density at radius 1 is 0.880 bits per heavy atom. The summed E-state index contributed by atoms with van der Waals surface area (Å²) in [5, 5.41) is 3.12. The molecular weight excluding hydrogens is 310 g/mol. The topological polar surface area (TPSA) is 81.1 Å². The number of hydrogen-bond acceptors (Lipinski definition) is 3. The molecule has 0 saturated carbocycles. The van der Waals surface area contributed by atoms with Crippen LogP contribution in [0.3, 0.4) is 0 Å². The predicted octanol–water partition coefficient (Wildman–Crippen LogP) is 4.36. The highest BCUT2D eigenvalue weighted by atomic mass is 16.1. The van der Waals surface area contributed by atoms with Gasteiger partial charge >= 0.3 is 0 Å². The zero-order valence-electron chi connectivity index (χ0n) is 17.2. The van der Waals surface area contributed by atoms with E-state index >= 15 is 0 Å². The van der Waals surface area contributed by atoms with Gasteiger partial charge in [-0.1, -0.05) is 65.7 Å². The van der Waals surface area contributed by atoms with Crippen molar-refractivity contribution in [1.29, 1.82) is 0 Å². The van der Waals surface area contributed by atoms with Gasteiger partial charge in [-0.15, -0.1) is 0 Å². The molecule has 0 aromatic rings. The number of amides is 1. The summed E-state index contributed by atoms with van der Waals surface area (Å²) in [4.78, 5) is 12.0. The summed E-state index contributed by atoms with van der Waals surface area (Å²) in [6.07, 6.45) is 14.0. The van der Waals surface area contributed by atoms with Gasteiger partial charge in [-0.3, -0.25) is 4.79 Å². The molecule has 0 aromatic heterocycles. The van der Waals surface area contributed by atoms with Crippen LogP contribution in [0, 0.1) is 11.3 Å². The third-order valence-electron chi connectivity index (χ3n) is 4.93. The van der Waals surface area contributed by atoms with E-state index in [1.54, 1.807) is 0 Å².